The van der Waals surface area contributed by atoms with Gasteiger partial charge in [-0.15, -0.1) is 0 Å². The lowest BCUT2D eigenvalue weighted by Gasteiger charge is -2.36. The van der Waals surface area contributed by atoms with Gasteiger partial charge in [-0.25, -0.2) is 0 Å². The van der Waals surface area contributed by atoms with E-state index in [0.29, 0.717) is 13.0 Å². The molecule has 1 fully saturated rings. The Balaban J connectivity index is 1.72. The van der Waals surface area contributed by atoms with Crippen LogP contribution in [0.2, 0.25) is 0 Å². The highest BCUT2D eigenvalue weighted by molar-refractivity contribution is 5.77. The van der Waals surface area contributed by atoms with Crippen molar-refractivity contribution in [2.24, 2.45) is 11.1 Å². The molecule has 0 aliphatic heterocycles. The van der Waals surface area contributed by atoms with Crippen LogP contribution >= 0.6 is 0 Å². The summed E-state index contributed by atoms with van der Waals surface area (Å²) in [5.41, 5.74) is 9.38. The number of hydrogen-bond donors (Lipinski definition) is 2. The van der Waals surface area contributed by atoms with Crippen molar-refractivity contribution >= 4 is 5.91 Å². The van der Waals surface area contributed by atoms with Gasteiger partial charge in [0.05, 0.1) is 11.7 Å². The van der Waals surface area contributed by atoms with Crippen molar-refractivity contribution in [1.82, 2.24) is 10.3 Å². The number of aryl methyl sites for hydroxylation is 1. The van der Waals surface area contributed by atoms with Crippen LogP contribution < -0.4 is 11.1 Å². The quantitative estimate of drug-likeness (QED) is 0.776. The molecule has 3 rings (SSSR count). The SMILES string of the molecule is Cc1ccc(CC(NC(=O)CC2(CN)CCCCC2)c2ccccn2)cc1. The van der Waals surface area contributed by atoms with Crippen molar-refractivity contribution in [3.8, 4) is 0 Å². The number of carbonyl (C=O) groups excluding carboxylic acids is 1. The fourth-order valence-corrected chi connectivity index (χ4v) is 4.11. The average Bonchev–Trinajstić information content (AvgIpc) is 2.70. The van der Waals surface area contributed by atoms with E-state index < -0.39 is 0 Å². The Morgan fingerprint density at radius 2 is 1.89 bits per heavy atom. The highest BCUT2D eigenvalue weighted by Gasteiger charge is 2.33. The number of aromatic nitrogens is 1. The first kappa shape index (κ1) is 19.6. The molecule has 1 aromatic heterocycles. The maximum atomic E-state index is 12.9. The van der Waals surface area contributed by atoms with Crippen LogP contribution in [0.5, 0.6) is 0 Å². The molecule has 0 radical (unpaired) electrons. The summed E-state index contributed by atoms with van der Waals surface area (Å²) in [4.78, 5) is 17.4. The lowest BCUT2D eigenvalue weighted by atomic mass is 9.71. The molecule has 1 atom stereocenters. The zero-order valence-electron chi connectivity index (χ0n) is 16.3. The van der Waals surface area contributed by atoms with Gasteiger partial charge in [-0.1, -0.05) is 55.2 Å². The Morgan fingerprint density at radius 3 is 2.52 bits per heavy atom. The van der Waals surface area contributed by atoms with Crippen LogP contribution in [0.1, 0.15) is 61.4 Å². The van der Waals surface area contributed by atoms with Gasteiger partial charge in [0.1, 0.15) is 0 Å². The third-order valence-corrected chi connectivity index (χ3v) is 5.82. The van der Waals surface area contributed by atoms with E-state index in [1.165, 1.54) is 30.4 Å². The van der Waals surface area contributed by atoms with Crippen molar-refractivity contribution in [3.63, 3.8) is 0 Å². The first-order valence-corrected chi connectivity index (χ1v) is 10.1. The number of nitrogens with two attached hydrogens (primary N) is 1. The van der Waals surface area contributed by atoms with E-state index in [1.54, 1.807) is 6.20 Å². The number of nitrogens with one attached hydrogen (secondary N) is 1. The van der Waals surface area contributed by atoms with Gasteiger partial charge in [-0.3, -0.25) is 9.78 Å². The first-order valence-electron chi connectivity index (χ1n) is 10.1. The molecule has 27 heavy (non-hydrogen) atoms. The molecule has 1 heterocycles. The van der Waals surface area contributed by atoms with E-state index in [0.717, 1.165) is 25.0 Å². The number of nitrogens with zero attached hydrogens (tertiary/aromatic N) is 1. The molecular formula is C23H31N3O. The third kappa shape index (κ3) is 5.39. The maximum Gasteiger partial charge on any atom is 0.221 e. The smallest absolute Gasteiger partial charge is 0.221 e. The van der Waals surface area contributed by atoms with Gasteiger partial charge >= 0.3 is 0 Å². The molecule has 1 unspecified atom stereocenters. The van der Waals surface area contributed by atoms with E-state index in [4.69, 9.17) is 5.73 Å². The number of amides is 1. The maximum absolute atomic E-state index is 12.9. The van der Waals surface area contributed by atoms with Crippen LogP contribution in [-0.4, -0.2) is 17.4 Å². The molecule has 3 N–H and O–H groups in total. The molecule has 1 aliphatic rings. The molecule has 1 aliphatic carbocycles. The zero-order chi connectivity index (χ0) is 19.1. The first-order chi connectivity index (χ1) is 13.1. The summed E-state index contributed by atoms with van der Waals surface area (Å²) in [5, 5.41) is 3.25. The van der Waals surface area contributed by atoms with Crippen LogP contribution in [0.15, 0.2) is 48.7 Å². The predicted octanol–water partition coefficient (Wildman–Crippen LogP) is 4.09. The summed E-state index contributed by atoms with van der Waals surface area (Å²) >= 11 is 0. The number of hydrogen-bond acceptors (Lipinski definition) is 3. The summed E-state index contributed by atoms with van der Waals surface area (Å²) in [5.74, 6) is 0.0881. The Labute approximate surface area is 162 Å². The molecule has 4 heteroatoms. The van der Waals surface area contributed by atoms with Crippen molar-refractivity contribution in [1.29, 1.82) is 0 Å². The molecule has 4 nitrogen and oxygen atoms in total. The van der Waals surface area contributed by atoms with Gasteiger partial charge in [0.15, 0.2) is 0 Å². The fraction of sp³-hybridized carbons (Fsp3) is 0.478. The van der Waals surface area contributed by atoms with Crippen LogP contribution in [0, 0.1) is 12.3 Å². The summed E-state index contributed by atoms with van der Waals surface area (Å²) in [7, 11) is 0. The molecule has 1 aromatic carbocycles. The molecule has 2 aromatic rings. The van der Waals surface area contributed by atoms with Gasteiger partial charge in [0, 0.05) is 12.6 Å². The summed E-state index contributed by atoms with van der Waals surface area (Å²) in [6, 6.07) is 14.2. The van der Waals surface area contributed by atoms with E-state index in [1.807, 2.05) is 18.2 Å². The molecule has 0 saturated heterocycles. The third-order valence-electron chi connectivity index (χ3n) is 5.82. The van der Waals surface area contributed by atoms with Crippen molar-refractivity contribution in [2.75, 3.05) is 6.54 Å². The molecule has 0 bridgehead atoms. The molecule has 1 saturated carbocycles. The van der Waals surface area contributed by atoms with Crippen LogP contribution in [0.3, 0.4) is 0 Å². The Bertz CT molecular complexity index is 721. The van der Waals surface area contributed by atoms with E-state index in [2.05, 4.69) is 41.5 Å². The standard InChI is InChI=1S/C23H31N3O/c1-18-8-10-19(11-9-18)15-21(20-7-3-6-14-25-20)26-22(27)16-23(17-24)12-4-2-5-13-23/h3,6-11,14,21H,2,4-5,12-13,15-17,24H2,1H3,(H,26,27). The number of benzene rings is 1. The molecule has 144 valence electrons. The Kier molecular flexibility index (Phi) is 6.62. The average molecular weight is 366 g/mol. The molecular weight excluding hydrogens is 334 g/mol. The normalized spacial score (nSPS) is 17.3. The largest absolute Gasteiger partial charge is 0.347 e. The Hall–Kier alpha value is -2.20. The minimum absolute atomic E-state index is 0.0269. The second kappa shape index (κ2) is 9.14. The second-order valence-corrected chi connectivity index (χ2v) is 8.01. The van der Waals surface area contributed by atoms with Gasteiger partial charge in [-0.05, 0) is 55.8 Å². The number of rotatable bonds is 7. The summed E-state index contributed by atoms with van der Waals surface area (Å²) in [6.45, 7) is 2.67. The van der Waals surface area contributed by atoms with Crippen molar-refractivity contribution in [2.45, 2.75) is 57.9 Å². The predicted molar refractivity (Wildman–Crippen MR) is 109 cm³/mol. The van der Waals surface area contributed by atoms with Crippen LogP contribution in [0.25, 0.3) is 0 Å². The van der Waals surface area contributed by atoms with E-state index in [9.17, 15) is 4.79 Å². The van der Waals surface area contributed by atoms with E-state index >= 15 is 0 Å². The minimum atomic E-state index is -0.125. The Morgan fingerprint density at radius 1 is 1.15 bits per heavy atom. The van der Waals surface area contributed by atoms with Gasteiger partial charge < -0.3 is 11.1 Å². The lowest BCUT2D eigenvalue weighted by molar-refractivity contribution is -0.124. The van der Waals surface area contributed by atoms with Crippen molar-refractivity contribution in [3.05, 3.63) is 65.5 Å². The van der Waals surface area contributed by atoms with Crippen molar-refractivity contribution < 1.29 is 4.79 Å². The van der Waals surface area contributed by atoms with Crippen LogP contribution in [0.4, 0.5) is 0 Å². The zero-order valence-corrected chi connectivity index (χ0v) is 16.3. The highest BCUT2D eigenvalue weighted by atomic mass is 16.1. The van der Waals surface area contributed by atoms with E-state index in [-0.39, 0.29) is 17.4 Å². The topological polar surface area (TPSA) is 68.0 Å². The monoisotopic (exact) mass is 365 g/mol. The lowest BCUT2D eigenvalue weighted by Crippen LogP contribution is -2.40. The van der Waals surface area contributed by atoms with Gasteiger partial charge in [-0.2, -0.15) is 0 Å². The number of pyridine rings is 1. The second-order valence-electron chi connectivity index (χ2n) is 8.01. The highest BCUT2D eigenvalue weighted by Crippen LogP contribution is 2.38. The molecule has 1 amide bonds. The molecule has 0 spiro atoms. The van der Waals surface area contributed by atoms with Gasteiger partial charge in [0.25, 0.3) is 0 Å². The fourth-order valence-electron chi connectivity index (χ4n) is 4.11. The van der Waals surface area contributed by atoms with Gasteiger partial charge in [0.2, 0.25) is 5.91 Å². The summed E-state index contributed by atoms with van der Waals surface area (Å²) < 4.78 is 0. The summed E-state index contributed by atoms with van der Waals surface area (Å²) in [6.07, 6.45) is 8.76. The van der Waals surface area contributed by atoms with Crippen LogP contribution in [-0.2, 0) is 11.2 Å². The number of carbonyl (C=O) groups is 1. The minimum Gasteiger partial charge on any atom is -0.347 e.